The smallest absolute Gasteiger partial charge is 0.0593 e. The molecule has 1 N–H and O–H groups in total. The van der Waals surface area contributed by atoms with E-state index in [4.69, 9.17) is 4.74 Å². The Labute approximate surface area is 123 Å². The Morgan fingerprint density at radius 3 is 2.55 bits per heavy atom. The Kier molecular flexibility index (Phi) is 5.62. The topological polar surface area (TPSA) is 21.3 Å². The van der Waals surface area contributed by atoms with E-state index in [1.54, 1.807) is 0 Å². The molecule has 1 aromatic carbocycles. The molecule has 1 aliphatic heterocycles. The largest absolute Gasteiger partial charge is 0.378 e. The summed E-state index contributed by atoms with van der Waals surface area (Å²) < 4.78 is 5.93. The Morgan fingerprint density at radius 1 is 1.15 bits per heavy atom. The number of hydrogen-bond acceptors (Lipinski definition) is 2. The number of benzene rings is 1. The molecule has 2 rings (SSSR count). The summed E-state index contributed by atoms with van der Waals surface area (Å²) in [7, 11) is 0. The van der Waals surface area contributed by atoms with E-state index < -0.39 is 0 Å². The van der Waals surface area contributed by atoms with Gasteiger partial charge in [-0.15, -0.1) is 0 Å². The van der Waals surface area contributed by atoms with Crippen molar-refractivity contribution in [2.45, 2.75) is 65.5 Å². The Balaban J connectivity index is 2.16. The molecule has 1 heterocycles. The van der Waals surface area contributed by atoms with E-state index in [0.29, 0.717) is 12.1 Å². The van der Waals surface area contributed by atoms with Crippen molar-refractivity contribution in [2.24, 2.45) is 0 Å². The summed E-state index contributed by atoms with van der Waals surface area (Å²) in [5.41, 5.74) is 5.62. The first-order valence-corrected chi connectivity index (χ1v) is 8.04. The van der Waals surface area contributed by atoms with Crippen molar-refractivity contribution in [3.05, 3.63) is 34.4 Å². The molecule has 0 radical (unpaired) electrons. The first-order chi connectivity index (χ1) is 9.61. The van der Waals surface area contributed by atoms with Crippen LogP contribution in [0.3, 0.4) is 0 Å². The van der Waals surface area contributed by atoms with Crippen molar-refractivity contribution in [3.8, 4) is 0 Å². The third kappa shape index (κ3) is 3.83. The minimum absolute atomic E-state index is 0.419. The van der Waals surface area contributed by atoms with Gasteiger partial charge in [0.15, 0.2) is 0 Å². The van der Waals surface area contributed by atoms with Gasteiger partial charge in [0, 0.05) is 12.6 Å². The Morgan fingerprint density at radius 2 is 1.90 bits per heavy atom. The fourth-order valence-electron chi connectivity index (χ4n) is 3.18. The monoisotopic (exact) mass is 275 g/mol. The second kappa shape index (κ2) is 7.24. The van der Waals surface area contributed by atoms with Crippen molar-refractivity contribution in [1.82, 2.24) is 5.32 Å². The fraction of sp³-hybridized carbons (Fsp3) is 0.667. The summed E-state index contributed by atoms with van der Waals surface area (Å²) in [5.74, 6) is 0. The highest BCUT2D eigenvalue weighted by Gasteiger charge is 2.21. The van der Waals surface area contributed by atoms with Crippen LogP contribution in [0.15, 0.2) is 12.1 Å². The van der Waals surface area contributed by atoms with Gasteiger partial charge in [-0.25, -0.2) is 0 Å². The molecule has 0 aliphatic carbocycles. The lowest BCUT2D eigenvalue weighted by molar-refractivity contribution is 0.00510. The minimum Gasteiger partial charge on any atom is -0.378 e. The van der Waals surface area contributed by atoms with Crippen LogP contribution >= 0.6 is 0 Å². The van der Waals surface area contributed by atoms with Gasteiger partial charge in [-0.2, -0.15) is 0 Å². The number of hydrogen-bond donors (Lipinski definition) is 1. The van der Waals surface area contributed by atoms with Crippen LogP contribution in [0.4, 0.5) is 0 Å². The van der Waals surface area contributed by atoms with E-state index in [1.807, 2.05) is 0 Å². The van der Waals surface area contributed by atoms with E-state index >= 15 is 0 Å². The summed E-state index contributed by atoms with van der Waals surface area (Å²) in [6, 6.07) is 5.10. The second-order valence-corrected chi connectivity index (χ2v) is 6.13. The Bertz CT molecular complexity index is 435. The van der Waals surface area contributed by atoms with Crippen LogP contribution in [0.25, 0.3) is 0 Å². The number of ether oxygens (including phenoxy) is 1. The molecule has 20 heavy (non-hydrogen) atoms. The molecule has 2 atom stereocenters. The molecule has 2 heteroatoms. The van der Waals surface area contributed by atoms with Gasteiger partial charge in [0.25, 0.3) is 0 Å². The van der Waals surface area contributed by atoms with Crippen LogP contribution < -0.4 is 5.32 Å². The van der Waals surface area contributed by atoms with Crippen molar-refractivity contribution >= 4 is 0 Å². The van der Waals surface area contributed by atoms with Crippen LogP contribution in [-0.2, 0) is 4.74 Å². The SMILES string of the molecule is CCNC(CC1CCCCO1)c1cc(C)c(C)cc1C. The predicted octanol–water partition coefficient (Wildman–Crippen LogP) is 4.22. The van der Waals surface area contributed by atoms with Gasteiger partial charge in [0.05, 0.1) is 6.10 Å². The molecule has 1 fully saturated rings. The predicted molar refractivity (Wildman–Crippen MR) is 85.3 cm³/mol. The Hall–Kier alpha value is -0.860. The summed E-state index contributed by atoms with van der Waals surface area (Å²) in [6.45, 7) is 10.8. The molecule has 0 saturated carbocycles. The van der Waals surface area contributed by atoms with E-state index in [9.17, 15) is 0 Å². The van der Waals surface area contributed by atoms with Crippen LogP contribution in [0, 0.1) is 20.8 Å². The van der Waals surface area contributed by atoms with Crippen LogP contribution in [0.1, 0.15) is 60.9 Å². The molecule has 1 aliphatic rings. The molecular weight excluding hydrogens is 246 g/mol. The maximum absolute atomic E-state index is 5.93. The van der Waals surface area contributed by atoms with E-state index in [0.717, 1.165) is 19.6 Å². The number of aryl methyl sites for hydroxylation is 3. The van der Waals surface area contributed by atoms with E-state index in [1.165, 1.54) is 41.5 Å². The molecule has 2 unspecified atom stereocenters. The molecular formula is C18H29NO. The van der Waals surface area contributed by atoms with Crippen LogP contribution in [-0.4, -0.2) is 19.3 Å². The van der Waals surface area contributed by atoms with Gasteiger partial charge >= 0.3 is 0 Å². The minimum atomic E-state index is 0.419. The van der Waals surface area contributed by atoms with Gasteiger partial charge < -0.3 is 10.1 Å². The first kappa shape index (κ1) is 15.5. The summed E-state index contributed by atoms with van der Waals surface area (Å²) in [6.07, 6.45) is 5.28. The lowest BCUT2D eigenvalue weighted by Gasteiger charge is -2.29. The van der Waals surface area contributed by atoms with Gasteiger partial charge in [0.1, 0.15) is 0 Å². The third-order valence-electron chi connectivity index (χ3n) is 4.48. The highest BCUT2D eigenvalue weighted by molar-refractivity contribution is 5.38. The van der Waals surface area contributed by atoms with Crippen molar-refractivity contribution in [2.75, 3.05) is 13.2 Å². The zero-order valence-electron chi connectivity index (χ0n) is 13.5. The summed E-state index contributed by atoms with van der Waals surface area (Å²) >= 11 is 0. The zero-order chi connectivity index (χ0) is 14.5. The maximum atomic E-state index is 5.93. The van der Waals surface area contributed by atoms with Crippen LogP contribution in [0.2, 0.25) is 0 Å². The van der Waals surface area contributed by atoms with Crippen molar-refractivity contribution < 1.29 is 4.74 Å². The van der Waals surface area contributed by atoms with Gasteiger partial charge in [-0.3, -0.25) is 0 Å². The molecule has 1 saturated heterocycles. The van der Waals surface area contributed by atoms with E-state index in [2.05, 4.69) is 45.1 Å². The number of rotatable bonds is 5. The lowest BCUT2D eigenvalue weighted by atomic mass is 9.91. The first-order valence-electron chi connectivity index (χ1n) is 8.04. The van der Waals surface area contributed by atoms with Gasteiger partial charge in [-0.05, 0) is 75.3 Å². The molecule has 0 amide bonds. The molecule has 1 aromatic rings. The molecule has 0 aromatic heterocycles. The summed E-state index contributed by atoms with van der Waals surface area (Å²) in [5, 5.41) is 3.65. The highest BCUT2D eigenvalue weighted by Crippen LogP contribution is 2.28. The molecule has 0 spiro atoms. The number of nitrogens with one attached hydrogen (secondary N) is 1. The maximum Gasteiger partial charge on any atom is 0.0593 e. The van der Waals surface area contributed by atoms with Gasteiger partial charge in [-0.1, -0.05) is 19.1 Å². The molecule has 2 nitrogen and oxygen atoms in total. The van der Waals surface area contributed by atoms with E-state index in [-0.39, 0.29) is 0 Å². The lowest BCUT2D eigenvalue weighted by Crippen LogP contribution is -2.29. The zero-order valence-corrected chi connectivity index (χ0v) is 13.5. The average Bonchev–Trinajstić information content (AvgIpc) is 2.44. The normalized spacial score (nSPS) is 20.9. The fourth-order valence-corrected chi connectivity index (χ4v) is 3.18. The average molecular weight is 275 g/mol. The highest BCUT2D eigenvalue weighted by atomic mass is 16.5. The third-order valence-corrected chi connectivity index (χ3v) is 4.48. The molecule has 0 bridgehead atoms. The van der Waals surface area contributed by atoms with Crippen molar-refractivity contribution in [1.29, 1.82) is 0 Å². The van der Waals surface area contributed by atoms with Gasteiger partial charge in [0.2, 0.25) is 0 Å². The second-order valence-electron chi connectivity index (χ2n) is 6.13. The standard InChI is InChI=1S/C18H29NO/c1-5-19-18(12-16-8-6-7-9-20-16)17-11-14(3)13(2)10-15(17)4/h10-11,16,18-19H,5-9,12H2,1-4H3. The van der Waals surface area contributed by atoms with Crippen LogP contribution in [0.5, 0.6) is 0 Å². The quantitative estimate of drug-likeness (QED) is 0.868. The van der Waals surface area contributed by atoms with Crippen molar-refractivity contribution in [3.63, 3.8) is 0 Å². The summed E-state index contributed by atoms with van der Waals surface area (Å²) in [4.78, 5) is 0. The molecule has 112 valence electrons.